The average Bonchev–Trinajstić information content (AvgIpc) is 2.20. The highest BCUT2D eigenvalue weighted by Gasteiger charge is 2.16. The molecule has 15 heavy (non-hydrogen) atoms. The zero-order chi connectivity index (χ0) is 11.3. The van der Waals surface area contributed by atoms with Gasteiger partial charge in [0.05, 0.1) is 6.61 Å². The van der Waals surface area contributed by atoms with Gasteiger partial charge < -0.3 is 20.6 Å². The third-order valence-corrected chi connectivity index (χ3v) is 1.76. The van der Waals surface area contributed by atoms with E-state index in [1.165, 1.54) is 0 Å². The number of pyridine rings is 1. The fraction of sp³-hybridized carbons (Fsp3) is 0.444. The maximum Gasteiger partial charge on any atom is 0.406 e. The minimum atomic E-state index is -0.551. The second-order valence-electron chi connectivity index (χ2n) is 3.02. The van der Waals surface area contributed by atoms with Crippen molar-refractivity contribution in [1.82, 2.24) is 4.98 Å². The van der Waals surface area contributed by atoms with Gasteiger partial charge in [0.15, 0.2) is 0 Å². The number of hydrogen-bond donors (Lipinski definition) is 1. The molecule has 0 fully saturated rings. The first kappa shape index (κ1) is 11.4. The van der Waals surface area contributed by atoms with Gasteiger partial charge in [0.25, 0.3) is 0 Å². The van der Waals surface area contributed by atoms with Gasteiger partial charge in [0, 0.05) is 6.92 Å². The Bertz CT molecular complexity index is 354. The Morgan fingerprint density at radius 1 is 1.60 bits per heavy atom. The van der Waals surface area contributed by atoms with Crippen LogP contribution in [0.3, 0.4) is 0 Å². The van der Waals surface area contributed by atoms with Gasteiger partial charge in [-0.25, -0.2) is 0 Å². The summed E-state index contributed by atoms with van der Waals surface area (Å²) in [6, 6.07) is 3.22. The molecule has 0 atom stereocenters. The number of aryl methyl sites for hydroxylation is 1. The van der Waals surface area contributed by atoms with Gasteiger partial charge in [-0.15, -0.1) is 0 Å². The Morgan fingerprint density at radius 3 is 2.93 bits per heavy atom. The van der Waals surface area contributed by atoms with Crippen LogP contribution in [0.1, 0.15) is 12.1 Å². The lowest BCUT2D eigenvalue weighted by Crippen LogP contribution is -2.07. The second kappa shape index (κ2) is 5.26. The molecule has 0 aliphatic heterocycles. The summed E-state index contributed by atoms with van der Waals surface area (Å²) >= 11 is 0. The molecule has 0 saturated carbocycles. The molecule has 0 aromatic carbocycles. The first-order valence-electron chi connectivity index (χ1n) is 4.60. The fourth-order valence-corrected chi connectivity index (χ4v) is 1.04. The third-order valence-electron chi connectivity index (χ3n) is 1.76. The van der Waals surface area contributed by atoms with Gasteiger partial charge in [0.1, 0.15) is 5.69 Å². The van der Waals surface area contributed by atoms with Crippen molar-refractivity contribution in [3.8, 4) is 5.75 Å². The second-order valence-corrected chi connectivity index (χ2v) is 3.02. The molecular formula is C9H13N3O3. The van der Waals surface area contributed by atoms with Crippen molar-refractivity contribution < 1.29 is 9.66 Å². The van der Waals surface area contributed by atoms with Crippen LogP contribution in [0.4, 0.5) is 5.82 Å². The van der Waals surface area contributed by atoms with Crippen LogP contribution in [0.5, 0.6) is 5.75 Å². The van der Waals surface area contributed by atoms with Crippen molar-refractivity contribution in [2.45, 2.75) is 13.3 Å². The molecule has 0 aliphatic rings. The molecule has 0 saturated heterocycles. The summed E-state index contributed by atoms with van der Waals surface area (Å²) in [4.78, 5) is 13.9. The van der Waals surface area contributed by atoms with Gasteiger partial charge in [-0.2, -0.15) is 0 Å². The third kappa shape index (κ3) is 3.17. The van der Waals surface area contributed by atoms with Crippen LogP contribution in [-0.2, 0) is 0 Å². The van der Waals surface area contributed by atoms with E-state index in [9.17, 15) is 10.1 Å². The summed E-state index contributed by atoms with van der Waals surface area (Å²) < 4.78 is 5.21. The Hall–Kier alpha value is -1.69. The molecule has 0 spiro atoms. The molecule has 0 unspecified atom stereocenters. The molecule has 82 valence electrons. The zero-order valence-electron chi connectivity index (χ0n) is 8.47. The average molecular weight is 211 g/mol. The fourth-order valence-electron chi connectivity index (χ4n) is 1.04. The highest BCUT2D eigenvalue weighted by Crippen LogP contribution is 2.24. The molecular weight excluding hydrogens is 198 g/mol. The predicted molar refractivity (Wildman–Crippen MR) is 54.8 cm³/mol. The lowest BCUT2D eigenvalue weighted by molar-refractivity contribution is -0.390. The molecule has 1 aromatic heterocycles. The Kier molecular flexibility index (Phi) is 3.99. The molecule has 0 aliphatic carbocycles. The van der Waals surface area contributed by atoms with E-state index in [1.54, 1.807) is 19.1 Å². The lowest BCUT2D eigenvalue weighted by atomic mass is 10.3. The standard InChI is InChI=1S/C9H13N3O3/c1-7-3-4-8(15-6-2-5-10)9(11-7)12(13)14/h3-4H,2,5-6,10H2,1H3. The molecule has 2 N–H and O–H groups in total. The van der Waals surface area contributed by atoms with Crippen LogP contribution in [0.2, 0.25) is 0 Å². The summed E-state index contributed by atoms with van der Waals surface area (Å²) in [5.41, 5.74) is 5.88. The van der Waals surface area contributed by atoms with Crippen LogP contribution in [0, 0.1) is 17.0 Å². The number of nitro groups is 1. The van der Waals surface area contributed by atoms with E-state index in [0.717, 1.165) is 0 Å². The minimum Gasteiger partial charge on any atom is -0.486 e. The van der Waals surface area contributed by atoms with E-state index in [1.807, 2.05) is 0 Å². The van der Waals surface area contributed by atoms with Gasteiger partial charge in [0.2, 0.25) is 5.75 Å². The van der Waals surface area contributed by atoms with E-state index in [0.29, 0.717) is 25.3 Å². The first-order chi connectivity index (χ1) is 7.15. The minimum absolute atomic E-state index is 0.194. The molecule has 0 bridgehead atoms. The number of ether oxygens (including phenoxy) is 1. The van der Waals surface area contributed by atoms with E-state index >= 15 is 0 Å². The summed E-state index contributed by atoms with van der Waals surface area (Å²) in [5.74, 6) is -0.0499. The van der Waals surface area contributed by atoms with Crippen LogP contribution in [0.15, 0.2) is 12.1 Å². The summed E-state index contributed by atoms with van der Waals surface area (Å²) in [6.45, 7) is 2.55. The van der Waals surface area contributed by atoms with E-state index in [-0.39, 0.29) is 11.6 Å². The van der Waals surface area contributed by atoms with Gasteiger partial charge >= 0.3 is 5.82 Å². The topological polar surface area (TPSA) is 91.3 Å². The predicted octanol–water partition coefficient (Wildman–Crippen LogP) is 1.03. The monoisotopic (exact) mass is 211 g/mol. The van der Waals surface area contributed by atoms with E-state index in [4.69, 9.17) is 10.5 Å². The van der Waals surface area contributed by atoms with Crippen LogP contribution >= 0.6 is 0 Å². The molecule has 1 heterocycles. The van der Waals surface area contributed by atoms with Crippen molar-refractivity contribution in [3.05, 3.63) is 27.9 Å². The van der Waals surface area contributed by atoms with Gasteiger partial charge in [-0.05, 0) is 35.0 Å². The maximum absolute atomic E-state index is 10.6. The quantitative estimate of drug-likeness (QED) is 0.446. The smallest absolute Gasteiger partial charge is 0.406 e. The molecule has 6 heteroatoms. The summed E-state index contributed by atoms with van der Waals surface area (Å²) in [5, 5.41) is 10.6. The number of nitrogens with two attached hydrogens (primary N) is 1. The number of rotatable bonds is 5. The maximum atomic E-state index is 10.6. The van der Waals surface area contributed by atoms with E-state index in [2.05, 4.69) is 4.98 Å². The van der Waals surface area contributed by atoms with Crippen LogP contribution in [-0.4, -0.2) is 23.1 Å². The number of aromatic nitrogens is 1. The van der Waals surface area contributed by atoms with Gasteiger partial charge in [-0.3, -0.25) is 0 Å². The lowest BCUT2D eigenvalue weighted by Gasteiger charge is -2.05. The first-order valence-corrected chi connectivity index (χ1v) is 4.60. The largest absolute Gasteiger partial charge is 0.486 e. The van der Waals surface area contributed by atoms with Crippen molar-refractivity contribution >= 4 is 5.82 Å². The highest BCUT2D eigenvalue weighted by molar-refractivity contribution is 5.40. The highest BCUT2D eigenvalue weighted by atomic mass is 16.6. The molecule has 6 nitrogen and oxygen atoms in total. The molecule has 0 amide bonds. The van der Waals surface area contributed by atoms with Crippen LogP contribution in [0.25, 0.3) is 0 Å². The van der Waals surface area contributed by atoms with E-state index < -0.39 is 4.92 Å². The van der Waals surface area contributed by atoms with Crippen molar-refractivity contribution in [2.24, 2.45) is 5.73 Å². The van der Waals surface area contributed by atoms with Crippen molar-refractivity contribution in [2.75, 3.05) is 13.2 Å². The number of hydrogen-bond acceptors (Lipinski definition) is 5. The van der Waals surface area contributed by atoms with Crippen molar-refractivity contribution in [1.29, 1.82) is 0 Å². The summed E-state index contributed by atoms with van der Waals surface area (Å²) in [6.07, 6.45) is 0.658. The number of nitrogens with zero attached hydrogens (tertiary/aromatic N) is 2. The molecule has 1 aromatic rings. The summed E-state index contributed by atoms with van der Waals surface area (Å²) in [7, 11) is 0. The van der Waals surface area contributed by atoms with Crippen LogP contribution < -0.4 is 10.5 Å². The van der Waals surface area contributed by atoms with Crippen molar-refractivity contribution in [3.63, 3.8) is 0 Å². The Labute approximate surface area is 87.2 Å². The molecule has 0 radical (unpaired) electrons. The van der Waals surface area contributed by atoms with Gasteiger partial charge in [-0.1, -0.05) is 0 Å². The SMILES string of the molecule is Cc1ccc(OCCCN)c([N+](=O)[O-])n1. The molecule has 1 rings (SSSR count). The Morgan fingerprint density at radius 2 is 2.33 bits per heavy atom. The normalized spacial score (nSPS) is 10.0. The Balaban J connectivity index is 2.81. The zero-order valence-corrected chi connectivity index (χ0v) is 8.47.